The molecule has 27 heavy (non-hydrogen) atoms. The van der Waals surface area contributed by atoms with Crippen molar-refractivity contribution in [2.24, 2.45) is 0 Å². The van der Waals surface area contributed by atoms with Crippen LogP contribution in [-0.2, 0) is 0 Å². The number of rotatable bonds is 2. The van der Waals surface area contributed by atoms with Crippen molar-refractivity contribution in [1.29, 1.82) is 0 Å². The highest BCUT2D eigenvalue weighted by atomic mass is 79.9. The lowest BCUT2D eigenvalue weighted by Gasteiger charge is -2.10. The van der Waals surface area contributed by atoms with E-state index in [0.717, 1.165) is 21.1 Å². The van der Waals surface area contributed by atoms with Gasteiger partial charge in [-0.15, -0.1) is 5.10 Å². The van der Waals surface area contributed by atoms with E-state index in [1.807, 2.05) is 65.1 Å². The molecule has 130 valence electrons. The van der Waals surface area contributed by atoms with E-state index in [0.29, 0.717) is 17.2 Å². The molecule has 5 aromatic rings. The highest BCUT2D eigenvalue weighted by Gasteiger charge is 2.17. The lowest BCUT2D eigenvalue weighted by atomic mass is 10.2. The Labute approximate surface area is 161 Å². The fourth-order valence-electron chi connectivity index (χ4n) is 3.11. The van der Waals surface area contributed by atoms with E-state index in [4.69, 9.17) is 0 Å². The van der Waals surface area contributed by atoms with Crippen LogP contribution in [-0.4, -0.2) is 24.1 Å². The zero-order valence-corrected chi connectivity index (χ0v) is 15.5. The molecular weight excluding hydrogens is 406 g/mol. The van der Waals surface area contributed by atoms with Gasteiger partial charge >= 0.3 is 5.56 Å². The molecule has 6 nitrogen and oxygen atoms in total. The predicted molar refractivity (Wildman–Crippen MR) is 107 cm³/mol. The largest absolute Gasteiger partial charge is 0.315 e. The Bertz CT molecular complexity index is 1340. The maximum Gasteiger partial charge on any atom is 0.315 e. The van der Waals surface area contributed by atoms with E-state index in [1.54, 1.807) is 12.4 Å². The number of imidazole rings is 1. The summed E-state index contributed by atoms with van der Waals surface area (Å²) in [5.41, 5.74) is 3.18. The molecule has 0 atom stereocenters. The molecular formula is C20H12BrN5O. The molecule has 0 saturated heterocycles. The summed E-state index contributed by atoms with van der Waals surface area (Å²) in [5.74, 6) is 0.628. The normalized spacial score (nSPS) is 11.3. The summed E-state index contributed by atoms with van der Waals surface area (Å²) >= 11 is 3.42. The van der Waals surface area contributed by atoms with Gasteiger partial charge in [-0.1, -0.05) is 28.1 Å². The van der Waals surface area contributed by atoms with Crippen LogP contribution < -0.4 is 5.56 Å². The smallest absolute Gasteiger partial charge is 0.270 e. The topological polar surface area (TPSA) is 65.1 Å². The second-order valence-corrected chi connectivity index (χ2v) is 6.93. The Kier molecular flexibility index (Phi) is 3.61. The predicted octanol–water partition coefficient (Wildman–Crippen LogP) is 3.86. The first-order valence-electron chi connectivity index (χ1n) is 8.29. The van der Waals surface area contributed by atoms with E-state index in [1.165, 1.54) is 4.68 Å². The van der Waals surface area contributed by atoms with Gasteiger partial charge in [-0.2, -0.15) is 4.68 Å². The molecule has 0 aliphatic carbocycles. The van der Waals surface area contributed by atoms with Crippen LogP contribution in [0.25, 0.3) is 33.8 Å². The fraction of sp³-hybridized carbons (Fsp3) is 0. The molecule has 3 heterocycles. The first-order valence-corrected chi connectivity index (χ1v) is 9.08. The van der Waals surface area contributed by atoms with Gasteiger partial charge in [-0.3, -0.25) is 14.2 Å². The van der Waals surface area contributed by atoms with Crippen molar-refractivity contribution in [2.45, 2.75) is 0 Å². The minimum Gasteiger partial charge on any atom is -0.270 e. The van der Waals surface area contributed by atoms with Gasteiger partial charge in [0.25, 0.3) is 0 Å². The molecule has 0 fully saturated rings. The molecule has 0 saturated carbocycles. The summed E-state index contributed by atoms with van der Waals surface area (Å²) in [7, 11) is 0. The van der Waals surface area contributed by atoms with Crippen molar-refractivity contribution in [1.82, 2.24) is 24.1 Å². The lowest BCUT2D eigenvalue weighted by molar-refractivity contribution is 0.787. The molecule has 3 aromatic heterocycles. The second kappa shape index (κ2) is 6.14. The van der Waals surface area contributed by atoms with Gasteiger partial charge in [0, 0.05) is 22.4 Å². The van der Waals surface area contributed by atoms with Crippen LogP contribution in [0.4, 0.5) is 0 Å². The number of hydrogen-bond donors (Lipinski definition) is 0. The van der Waals surface area contributed by atoms with Crippen molar-refractivity contribution >= 4 is 32.6 Å². The van der Waals surface area contributed by atoms with Crippen molar-refractivity contribution in [2.75, 3.05) is 0 Å². The van der Waals surface area contributed by atoms with Gasteiger partial charge in [0.1, 0.15) is 0 Å². The van der Waals surface area contributed by atoms with Crippen LogP contribution in [0, 0.1) is 0 Å². The second-order valence-electron chi connectivity index (χ2n) is 6.01. The zero-order chi connectivity index (χ0) is 18.4. The minimum absolute atomic E-state index is 0.272. The molecule has 0 amide bonds. The summed E-state index contributed by atoms with van der Waals surface area (Å²) in [5, 5.41) is 4.68. The summed E-state index contributed by atoms with van der Waals surface area (Å²) in [4.78, 5) is 21.8. The van der Waals surface area contributed by atoms with Crippen molar-refractivity contribution in [3.8, 4) is 17.1 Å². The van der Waals surface area contributed by atoms with E-state index in [9.17, 15) is 4.79 Å². The zero-order valence-electron chi connectivity index (χ0n) is 14.0. The van der Waals surface area contributed by atoms with Crippen LogP contribution >= 0.6 is 15.9 Å². The third-order valence-electron chi connectivity index (χ3n) is 4.36. The number of nitrogens with zero attached hydrogens (tertiary/aromatic N) is 5. The van der Waals surface area contributed by atoms with Crippen molar-refractivity contribution < 1.29 is 0 Å². The highest BCUT2D eigenvalue weighted by Crippen LogP contribution is 2.23. The molecule has 0 aliphatic rings. The van der Waals surface area contributed by atoms with Crippen LogP contribution in [0.15, 0.2) is 82.3 Å². The number of pyridine rings is 1. The van der Waals surface area contributed by atoms with Gasteiger partial charge in [-0.05, 0) is 48.5 Å². The summed E-state index contributed by atoms with van der Waals surface area (Å²) < 4.78 is 4.13. The van der Waals surface area contributed by atoms with Crippen LogP contribution in [0.1, 0.15) is 0 Å². The Morgan fingerprint density at radius 2 is 1.63 bits per heavy atom. The Morgan fingerprint density at radius 1 is 0.889 bits per heavy atom. The Morgan fingerprint density at radius 3 is 2.41 bits per heavy atom. The van der Waals surface area contributed by atoms with Gasteiger partial charge in [-0.25, -0.2) is 4.98 Å². The van der Waals surface area contributed by atoms with Crippen LogP contribution in [0.3, 0.4) is 0 Å². The number of aromatic nitrogens is 5. The number of para-hydroxylation sites is 2. The third-order valence-corrected chi connectivity index (χ3v) is 4.89. The number of fused-ring (bicyclic) bond motifs is 3. The first kappa shape index (κ1) is 15.9. The summed E-state index contributed by atoms with van der Waals surface area (Å²) in [6, 6.07) is 18.8. The molecule has 0 radical (unpaired) electrons. The number of benzene rings is 2. The van der Waals surface area contributed by atoms with Crippen molar-refractivity contribution in [3.63, 3.8) is 0 Å². The number of hydrogen-bond acceptors (Lipinski definition) is 4. The average Bonchev–Trinajstić information content (AvgIpc) is 3.10. The molecule has 5 rings (SSSR count). The minimum atomic E-state index is -0.272. The number of halogens is 1. The lowest BCUT2D eigenvalue weighted by Crippen LogP contribution is -2.25. The van der Waals surface area contributed by atoms with E-state index >= 15 is 0 Å². The Balaban J connectivity index is 1.94. The highest BCUT2D eigenvalue weighted by molar-refractivity contribution is 9.10. The first-order chi connectivity index (χ1) is 13.2. The van der Waals surface area contributed by atoms with E-state index < -0.39 is 0 Å². The van der Waals surface area contributed by atoms with Crippen LogP contribution in [0.2, 0.25) is 0 Å². The van der Waals surface area contributed by atoms with Gasteiger partial charge in [0.05, 0.1) is 16.7 Å². The van der Waals surface area contributed by atoms with E-state index in [-0.39, 0.29) is 5.56 Å². The van der Waals surface area contributed by atoms with Crippen molar-refractivity contribution in [3.05, 3.63) is 87.9 Å². The molecule has 0 aliphatic heterocycles. The average molecular weight is 418 g/mol. The molecule has 2 aromatic carbocycles. The van der Waals surface area contributed by atoms with E-state index in [2.05, 4.69) is 31.0 Å². The quantitative estimate of drug-likeness (QED) is 0.437. The standard InChI is InChI=1S/C20H12BrN5O/c21-14-5-7-15(8-6-14)26-20(27)19-23-16-3-1-2-4-17(16)25(19)18(24-26)13-9-11-22-12-10-13/h1-12H. The molecule has 7 heteroatoms. The molecule has 0 bridgehead atoms. The Hall–Kier alpha value is -3.32. The summed E-state index contributed by atoms with van der Waals surface area (Å²) in [6.45, 7) is 0. The van der Waals surface area contributed by atoms with Gasteiger partial charge in [0.15, 0.2) is 5.82 Å². The summed E-state index contributed by atoms with van der Waals surface area (Å²) in [6.07, 6.45) is 3.41. The van der Waals surface area contributed by atoms with Gasteiger partial charge < -0.3 is 0 Å². The third kappa shape index (κ3) is 2.55. The van der Waals surface area contributed by atoms with Crippen LogP contribution in [0.5, 0.6) is 0 Å². The fourth-order valence-corrected chi connectivity index (χ4v) is 3.37. The maximum absolute atomic E-state index is 13.2. The molecule has 0 spiro atoms. The monoisotopic (exact) mass is 417 g/mol. The van der Waals surface area contributed by atoms with Gasteiger partial charge in [0.2, 0.25) is 5.65 Å². The SMILES string of the molecule is O=c1c2nc3ccccc3n2c(-c2ccncc2)nn1-c1ccc(Br)cc1. The molecule has 0 N–H and O–H groups in total. The maximum atomic E-state index is 13.2. The molecule has 0 unspecified atom stereocenters.